The Kier molecular flexibility index (Phi) is 7.08. The molecule has 0 unspecified atom stereocenters. The standard InChI is InChI=1S/C16H23FN2/c1-4-9-19(10-5-2)13-15-11-14(12-18-6-3)7-8-16(15)17/h4-5,7-8,11,18H,1-2,6,9-10,12-13H2,3H3. The minimum atomic E-state index is -0.154. The van der Waals surface area contributed by atoms with Gasteiger partial charge in [0.05, 0.1) is 0 Å². The van der Waals surface area contributed by atoms with Crippen molar-refractivity contribution in [2.45, 2.75) is 20.0 Å². The molecule has 0 aliphatic rings. The molecule has 1 rings (SSSR count). The van der Waals surface area contributed by atoms with Crippen molar-refractivity contribution in [3.63, 3.8) is 0 Å². The molecule has 0 saturated carbocycles. The van der Waals surface area contributed by atoms with E-state index >= 15 is 0 Å². The molecule has 0 spiro atoms. The second-order valence-corrected chi connectivity index (χ2v) is 4.48. The molecule has 0 atom stereocenters. The zero-order chi connectivity index (χ0) is 14.1. The van der Waals surface area contributed by atoms with Crippen LogP contribution < -0.4 is 5.32 Å². The van der Waals surface area contributed by atoms with Gasteiger partial charge in [-0.1, -0.05) is 31.2 Å². The lowest BCUT2D eigenvalue weighted by molar-refractivity contribution is 0.322. The average molecular weight is 262 g/mol. The van der Waals surface area contributed by atoms with Crippen molar-refractivity contribution >= 4 is 0 Å². The van der Waals surface area contributed by atoms with Gasteiger partial charge in [0.2, 0.25) is 0 Å². The molecule has 0 fully saturated rings. The third kappa shape index (κ3) is 5.37. The van der Waals surface area contributed by atoms with E-state index in [9.17, 15) is 4.39 Å². The molecule has 3 heteroatoms. The van der Waals surface area contributed by atoms with Gasteiger partial charge in [-0.2, -0.15) is 0 Å². The normalized spacial score (nSPS) is 10.7. The fourth-order valence-electron chi connectivity index (χ4n) is 1.94. The topological polar surface area (TPSA) is 15.3 Å². The van der Waals surface area contributed by atoms with E-state index in [4.69, 9.17) is 0 Å². The van der Waals surface area contributed by atoms with Crippen LogP contribution in [0.25, 0.3) is 0 Å². The van der Waals surface area contributed by atoms with Crippen LogP contribution in [0.5, 0.6) is 0 Å². The van der Waals surface area contributed by atoms with E-state index in [-0.39, 0.29) is 5.82 Å². The van der Waals surface area contributed by atoms with Crippen LogP contribution in [0.15, 0.2) is 43.5 Å². The maximum Gasteiger partial charge on any atom is 0.127 e. The van der Waals surface area contributed by atoms with E-state index in [1.807, 2.05) is 24.3 Å². The van der Waals surface area contributed by atoms with Crippen LogP contribution in [-0.2, 0) is 13.1 Å². The molecule has 19 heavy (non-hydrogen) atoms. The SMILES string of the molecule is C=CCN(CC=C)Cc1cc(CNCC)ccc1F. The first-order valence-electron chi connectivity index (χ1n) is 6.63. The molecular formula is C16H23FN2. The maximum atomic E-state index is 13.8. The van der Waals surface area contributed by atoms with Crippen LogP contribution in [-0.4, -0.2) is 24.5 Å². The minimum absolute atomic E-state index is 0.154. The average Bonchev–Trinajstić information content (AvgIpc) is 2.40. The molecule has 1 N–H and O–H groups in total. The number of hydrogen-bond donors (Lipinski definition) is 1. The Morgan fingerprint density at radius 1 is 1.26 bits per heavy atom. The van der Waals surface area contributed by atoms with E-state index in [2.05, 4.69) is 30.3 Å². The molecule has 0 heterocycles. The number of nitrogens with zero attached hydrogens (tertiary/aromatic N) is 1. The summed E-state index contributed by atoms with van der Waals surface area (Å²) in [4.78, 5) is 2.09. The quantitative estimate of drug-likeness (QED) is 0.688. The summed E-state index contributed by atoms with van der Waals surface area (Å²) in [6.45, 7) is 13.2. The monoisotopic (exact) mass is 262 g/mol. The molecule has 0 saturated heterocycles. The van der Waals surface area contributed by atoms with Crippen molar-refractivity contribution in [2.75, 3.05) is 19.6 Å². The highest BCUT2D eigenvalue weighted by Gasteiger charge is 2.08. The molecule has 104 valence electrons. The van der Waals surface area contributed by atoms with Crippen LogP contribution in [0.4, 0.5) is 4.39 Å². The van der Waals surface area contributed by atoms with Crippen LogP contribution >= 0.6 is 0 Å². The van der Waals surface area contributed by atoms with Crippen molar-refractivity contribution in [2.24, 2.45) is 0 Å². The predicted molar refractivity (Wildman–Crippen MR) is 79.5 cm³/mol. The third-order valence-electron chi connectivity index (χ3n) is 2.86. The highest BCUT2D eigenvalue weighted by atomic mass is 19.1. The van der Waals surface area contributed by atoms with Gasteiger partial charge in [-0.3, -0.25) is 4.90 Å². The Hall–Kier alpha value is -1.45. The van der Waals surface area contributed by atoms with Gasteiger partial charge >= 0.3 is 0 Å². The lowest BCUT2D eigenvalue weighted by Crippen LogP contribution is -2.24. The molecule has 0 aromatic heterocycles. The first kappa shape index (κ1) is 15.6. The van der Waals surface area contributed by atoms with Crippen molar-refractivity contribution in [1.29, 1.82) is 0 Å². The van der Waals surface area contributed by atoms with Gasteiger partial charge in [0.15, 0.2) is 0 Å². The Morgan fingerprint density at radius 3 is 2.53 bits per heavy atom. The van der Waals surface area contributed by atoms with E-state index < -0.39 is 0 Å². The molecule has 0 bridgehead atoms. The first-order chi connectivity index (χ1) is 9.21. The summed E-state index contributed by atoms with van der Waals surface area (Å²) in [5, 5.41) is 3.25. The zero-order valence-corrected chi connectivity index (χ0v) is 11.7. The Labute approximate surface area is 115 Å². The van der Waals surface area contributed by atoms with Crippen LogP contribution in [0, 0.1) is 5.82 Å². The summed E-state index contributed by atoms with van der Waals surface area (Å²) in [5.41, 5.74) is 1.83. The summed E-state index contributed by atoms with van der Waals surface area (Å²) in [5.74, 6) is -0.154. The van der Waals surface area contributed by atoms with Crippen LogP contribution in [0.3, 0.4) is 0 Å². The molecule has 0 aliphatic carbocycles. The second kappa shape index (κ2) is 8.62. The van der Waals surface area contributed by atoms with Gasteiger partial charge in [-0.15, -0.1) is 13.2 Å². The number of hydrogen-bond acceptors (Lipinski definition) is 2. The fourth-order valence-corrected chi connectivity index (χ4v) is 1.94. The van der Waals surface area contributed by atoms with E-state index in [0.29, 0.717) is 6.54 Å². The van der Waals surface area contributed by atoms with Crippen molar-refractivity contribution in [3.8, 4) is 0 Å². The van der Waals surface area contributed by atoms with Gasteiger partial charge < -0.3 is 5.32 Å². The smallest absolute Gasteiger partial charge is 0.127 e. The minimum Gasteiger partial charge on any atom is -0.313 e. The Balaban J connectivity index is 2.78. The number of rotatable bonds is 9. The summed E-state index contributed by atoms with van der Waals surface area (Å²) in [6.07, 6.45) is 3.65. The summed E-state index contributed by atoms with van der Waals surface area (Å²) >= 11 is 0. The number of benzene rings is 1. The van der Waals surface area contributed by atoms with Gasteiger partial charge in [0, 0.05) is 31.7 Å². The lowest BCUT2D eigenvalue weighted by atomic mass is 10.1. The van der Waals surface area contributed by atoms with Gasteiger partial charge in [-0.25, -0.2) is 4.39 Å². The molecule has 1 aromatic rings. The maximum absolute atomic E-state index is 13.8. The molecular weight excluding hydrogens is 239 g/mol. The molecule has 2 nitrogen and oxygen atoms in total. The van der Waals surface area contributed by atoms with Crippen LogP contribution in [0.2, 0.25) is 0 Å². The predicted octanol–water partition coefficient (Wildman–Crippen LogP) is 3.11. The molecule has 1 aromatic carbocycles. The highest BCUT2D eigenvalue weighted by Crippen LogP contribution is 2.13. The van der Waals surface area contributed by atoms with E-state index in [1.54, 1.807) is 6.07 Å². The molecule has 0 aliphatic heterocycles. The fraction of sp³-hybridized carbons (Fsp3) is 0.375. The van der Waals surface area contributed by atoms with Crippen molar-refractivity contribution < 1.29 is 4.39 Å². The zero-order valence-electron chi connectivity index (χ0n) is 11.7. The molecule has 0 amide bonds. The van der Waals surface area contributed by atoms with Crippen molar-refractivity contribution in [3.05, 3.63) is 60.5 Å². The van der Waals surface area contributed by atoms with Gasteiger partial charge in [0.1, 0.15) is 5.82 Å². The van der Waals surface area contributed by atoms with E-state index in [0.717, 1.165) is 37.3 Å². The summed E-state index contributed by atoms with van der Waals surface area (Å²) in [7, 11) is 0. The second-order valence-electron chi connectivity index (χ2n) is 4.48. The van der Waals surface area contributed by atoms with Gasteiger partial charge in [-0.05, 0) is 18.2 Å². The van der Waals surface area contributed by atoms with Crippen LogP contribution in [0.1, 0.15) is 18.1 Å². The number of nitrogens with one attached hydrogen (secondary N) is 1. The highest BCUT2D eigenvalue weighted by molar-refractivity contribution is 5.25. The lowest BCUT2D eigenvalue weighted by Gasteiger charge is -2.19. The van der Waals surface area contributed by atoms with Gasteiger partial charge in [0.25, 0.3) is 0 Å². The first-order valence-corrected chi connectivity index (χ1v) is 6.63. The third-order valence-corrected chi connectivity index (χ3v) is 2.86. The number of halogens is 1. The van der Waals surface area contributed by atoms with E-state index in [1.165, 1.54) is 0 Å². The van der Waals surface area contributed by atoms with Crippen molar-refractivity contribution in [1.82, 2.24) is 10.2 Å². The molecule has 0 radical (unpaired) electrons. The Morgan fingerprint density at radius 2 is 1.95 bits per heavy atom. The largest absolute Gasteiger partial charge is 0.313 e. The summed E-state index contributed by atoms with van der Waals surface area (Å²) < 4.78 is 13.8. The Bertz CT molecular complexity index is 405. The summed E-state index contributed by atoms with van der Waals surface area (Å²) in [6, 6.07) is 5.30.